The largest absolute Gasteiger partial charge is 0.331 e. The summed E-state index contributed by atoms with van der Waals surface area (Å²) in [6.45, 7) is 0.604. The van der Waals surface area contributed by atoms with Crippen molar-refractivity contribution in [2.45, 2.75) is 18.9 Å². The Morgan fingerprint density at radius 2 is 2.00 bits per heavy atom. The smallest absolute Gasteiger partial charge is 0.324 e. The van der Waals surface area contributed by atoms with Crippen LogP contribution >= 0.6 is 11.3 Å². The van der Waals surface area contributed by atoms with Crippen molar-refractivity contribution < 1.29 is 14.1 Å². The van der Waals surface area contributed by atoms with Crippen LogP contribution in [0.15, 0.2) is 36.4 Å². The molecule has 0 saturated carbocycles. The fourth-order valence-electron chi connectivity index (χ4n) is 2.72. The Labute approximate surface area is 130 Å². The zero-order valence-corrected chi connectivity index (χ0v) is 12.4. The van der Waals surface area contributed by atoms with Gasteiger partial charge >= 0.3 is 5.00 Å². The molecule has 0 aliphatic carbocycles. The summed E-state index contributed by atoms with van der Waals surface area (Å²) >= 11 is 0.885. The maximum Gasteiger partial charge on any atom is 0.324 e. The first-order valence-electron chi connectivity index (χ1n) is 6.87. The van der Waals surface area contributed by atoms with Crippen LogP contribution in [0.25, 0.3) is 0 Å². The standard InChI is InChI=1S/C15H13FN2O3S/c16-11-5-3-10(4-6-11)12-2-1-9-17(12)15(19)13-7-8-14(22-13)18(20)21/h3-8,12H,1-2,9H2. The number of nitrogens with zero attached hydrogens (tertiary/aromatic N) is 2. The minimum absolute atomic E-state index is 0.0409. The fourth-order valence-corrected chi connectivity index (χ4v) is 3.50. The Balaban J connectivity index is 1.84. The van der Waals surface area contributed by atoms with Crippen LogP contribution in [0, 0.1) is 15.9 Å². The number of hydrogen-bond acceptors (Lipinski definition) is 4. The van der Waals surface area contributed by atoms with Crippen molar-refractivity contribution in [2.24, 2.45) is 0 Å². The van der Waals surface area contributed by atoms with E-state index in [1.54, 1.807) is 17.0 Å². The summed E-state index contributed by atoms with van der Waals surface area (Å²) in [5.41, 5.74) is 0.887. The molecule has 1 saturated heterocycles. The molecular weight excluding hydrogens is 307 g/mol. The van der Waals surface area contributed by atoms with Crippen LogP contribution in [0.1, 0.15) is 34.1 Å². The van der Waals surface area contributed by atoms with Gasteiger partial charge in [0, 0.05) is 12.6 Å². The number of halogens is 1. The van der Waals surface area contributed by atoms with E-state index in [9.17, 15) is 19.3 Å². The van der Waals surface area contributed by atoms with Crippen LogP contribution < -0.4 is 0 Å². The molecule has 22 heavy (non-hydrogen) atoms. The van der Waals surface area contributed by atoms with E-state index in [2.05, 4.69) is 0 Å². The predicted molar refractivity (Wildman–Crippen MR) is 80.4 cm³/mol. The molecule has 114 valence electrons. The van der Waals surface area contributed by atoms with Crippen LogP contribution in [0.3, 0.4) is 0 Å². The Kier molecular flexibility index (Phi) is 3.89. The van der Waals surface area contributed by atoms with E-state index in [0.717, 1.165) is 29.7 Å². The van der Waals surface area contributed by atoms with E-state index in [-0.39, 0.29) is 22.8 Å². The zero-order valence-electron chi connectivity index (χ0n) is 11.6. The molecule has 2 heterocycles. The zero-order chi connectivity index (χ0) is 15.7. The molecule has 0 radical (unpaired) electrons. The van der Waals surface area contributed by atoms with Gasteiger partial charge in [-0.15, -0.1) is 0 Å². The van der Waals surface area contributed by atoms with Gasteiger partial charge in [0.25, 0.3) is 5.91 Å². The van der Waals surface area contributed by atoms with Gasteiger partial charge in [0.2, 0.25) is 0 Å². The number of thiophene rings is 1. The summed E-state index contributed by atoms with van der Waals surface area (Å²) in [6, 6.07) is 8.87. The van der Waals surface area contributed by atoms with Gasteiger partial charge < -0.3 is 4.90 Å². The minimum Gasteiger partial charge on any atom is -0.331 e. The van der Waals surface area contributed by atoms with E-state index >= 15 is 0 Å². The molecule has 1 fully saturated rings. The van der Waals surface area contributed by atoms with Crippen molar-refractivity contribution in [1.29, 1.82) is 0 Å². The van der Waals surface area contributed by atoms with E-state index < -0.39 is 4.92 Å². The number of benzene rings is 1. The fraction of sp³-hybridized carbons (Fsp3) is 0.267. The van der Waals surface area contributed by atoms with Gasteiger partial charge in [0.05, 0.1) is 15.8 Å². The van der Waals surface area contributed by atoms with Crippen molar-refractivity contribution in [2.75, 3.05) is 6.54 Å². The van der Waals surface area contributed by atoms with Gasteiger partial charge in [-0.3, -0.25) is 14.9 Å². The predicted octanol–water partition coefficient (Wildman–Crippen LogP) is 3.77. The third kappa shape index (κ3) is 2.71. The van der Waals surface area contributed by atoms with Gasteiger partial charge in [-0.1, -0.05) is 23.5 Å². The summed E-state index contributed by atoms with van der Waals surface area (Å²) in [5.74, 6) is -0.515. The summed E-state index contributed by atoms with van der Waals surface area (Å²) in [7, 11) is 0. The van der Waals surface area contributed by atoms with E-state index in [4.69, 9.17) is 0 Å². The first kappa shape index (κ1) is 14.6. The van der Waals surface area contributed by atoms with Gasteiger partial charge in [-0.05, 0) is 36.6 Å². The molecule has 1 aliphatic rings. The third-order valence-corrected chi connectivity index (χ3v) is 4.78. The van der Waals surface area contributed by atoms with E-state index in [1.165, 1.54) is 24.3 Å². The number of carbonyl (C=O) groups is 1. The molecule has 0 N–H and O–H groups in total. The molecule has 0 bridgehead atoms. The second kappa shape index (κ2) is 5.84. The molecule has 1 aliphatic heterocycles. The Morgan fingerprint density at radius 3 is 2.64 bits per heavy atom. The lowest BCUT2D eigenvalue weighted by Gasteiger charge is -2.24. The molecule has 3 rings (SSSR count). The lowest BCUT2D eigenvalue weighted by molar-refractivity contribution is -0.380. The Morgan fingerprint density at radius 1 is 1.27 bits per heavy atom. The highest BCUT2D eigenvalue weighted by atomic mass is 32.1. The summed E-state index contributed by atoms with van der Waals surface area (Å²) < 4.78 is 13.0. The maximum atomic E-state index is 13.0. The van der Waals surface area contributed by atoms with Gasteiger partial charge in [-0.25, -0.2) is 4.39 Å². The number of hydrogen-bond donors (Lipinski definition) is 0. The van der Waals surface area contributed by atoms with Gasteiger partial charge in [0.15, 0.2) is 0 Å². The number of rotatable bonds is 3. The maximum absolute atomic E-state index is 13.0. The molecule has 1 atom stereocenters. The topological polar surface area (TPSA) is 63.4 Å². The first-order valence-corrected chi connectivity index (χ1v) is 7.68. The molecule has 1 amide bonds. The van der Waals surface area contributed by atoms with Crippen molar-refractivity contribution in [3.8, 4) is 0 Å². The minimum atomic E-state index is -0.497. The monoisotopic (exact) mass is 320 g/mol. The van der Waals surface area contributed by atoms with Gasteiger partial charge in [-0.2, -0.15) is 0 Å². The molecule has 1 aromatic carbocycles. The highest BCUT2D eigenvalue weighted by Gasteiger charge is 2.31. The lowest BCUT2D eigenvalue weighted by Crippen LogP contribution is -2.29. The average molecular weight is 320 g/mol. The quantitative estimate of drug-likeness (QED) is 0.639. The molecule has 1 aromatic heterocycles. The van der Waals surface area contributed by atoms with Crippen molar-refractivity contribution >= 4 is 22.2 Å². The van der Waals surface area contributed by atoms with Crippen LogP contribution in [0.4, 0.5) is 9.39 Å². The second-order valence-electron chi connectivity index (χ2n) is 5.10. The molecule has 1 unspecified atom stereocenters. The SMILES string of the molecule is O=C(c1ccc([N+](=O)[O-])s1)N1CCCC1c1ccc(F)cc1. The van der Waals surface area contributed by atoms with E-state index in [0.29, 0.717) is 11.4 Å². The highest BCUT2D eigenvalue weighted by Crippen LogP contribution is 2.35. The summed E-state index contributed by atoms with van der Waals surface area (Å²) in [5, 5.41) is 10.7. The number of amides is 1. The third-order valence-electron chi connectivity index (χ3n) is 3.75. The van der Waals surface area contributed by atoms with Crippen molar-refractivity contribution in [3.05, 3.63) is 62.8 Å². The summed E-state index contributed by atoms with van der Waals surface area (Å²) in [4.78, 5) is 24.9. The van der Waals surface area contributed by atoms with Gasteiger partial charge in [0.1, 0.15) is 5.82 Å². The second-order valence-corrected chi connectivity index (χ2v) is 6.17. The van der Waals surface area contributed by atoms with Crippen LogP contribution in [0.5, 0.6) is 0 Å². The summed E-state index contributed by atoms with van der Waals surface area (Å²) in [6.07, 6.45) is 1.67. The molecule has 7 heteroatoms. The number of likely N-dealkylation sites (tertiary alicyclic amines) is 1. The molecule has 5 nitrogen and oxygen atoms in total. The molecular formula is C15H13FN2O3S. The Bertz CT molecular complexity index is 714. The van der Waals surface area contributed by atoms with E-state index in [1.807, 2.05) is 0 Å². The van der Waals surface area contributed by atoms with Crippen molar-refractivity contribution in [3.63, 3.8) is 0 Å². The van der Waals surface area contributed by atoms with Crippen LogP contribution in [-0.4, -0.2) is 22.3 Å². The first-order chi connectivity index (χ1) is 10.6. The Hall–Kier alpha value is -2.28. The van der Waals surface area contributed by atoms with Crippen LogP contribution in [0.2, 0.25) is 0 Å². The van der Waals surface area contributed by atoms with Crippen LogP contribution in [-0.2, 0) is 0 Å². The lowest BCUT2D eigenvalue weighted by atomic mass is 10.0. The average Bonchev–Trinajstić information content (AvgIpc) is 3.17. The normalized spacial score (nSPS) is 17.7. The number of carbonyl (C=O) groups excluding carboxylic acids is 1. The highest BCUT2D eigenvalue weighted by molar-refractivity contribution is 7.17. The molecule has 2 aromatic rings. The number of nitro groups is 1. The molecule has 0 spiro atoms. The van der Waals surface area contributed by atoms with Crippen molar-refractivity contribution in [1.82, 2.24) is 4.90 Å².